The minimum Gasteiger partial charge on any atom is -0.477 e. The first-order valence-electron chi connectivity index (χ1n) is 5.14. The summed E-state index contributed by atoms with van der Waals surface area (Å²) in [4.78, 5) is 11.1. The molecule has 0 fully saturated rings. The smallest absolute Gasteiger partial charge is 0.354 e. The van der Waals surface area contributed by atoms with Gasteiger partial charge in [0.05, 0.1) is 5.56 Å². The number of aromatic carboxylic acids is 1. The van der Waals surface area contributed by atoms with Crippen LogP contribution >= 0.6 is 0 Å². The van der Waals surface area contributed by atoms with Crippen molar-refractivity contribution in [3.63, 3.8) is 0 Å². The van der Waals surface area contributed by atoms with E-state index in [1.54, 1.807) is 18.2 Å². The van der Waals surface area contributed by atoms with Crippen molar-refractivity contribution < 1.29 is 19.4 Å². The molecule has 1 aliphatic heterocycles. The maximum Gasteiger partial charge on any atom is 0.354 e. The maximum absolute atomic E-state index is 11.1. The molecule has 2 aromatic rings. The number of carboxylic acid groups (broad SMARTS) is 1. The van der Waals surface area contributed by atoms with Crippen molar-refractivity contribution >= 4 is 11.8 Å². The Morgan fingerprint density at radius 3 is 2.94 bits per heavy atom. The number of nitrogen functional groups attached to an aromatic ring is 1. The Morgan fingerprint density at radius 1 is 1.39 bits per heavy atom. The van der Waals surface area contributed by atoms with Gasteiger partial charge in [-0.15, -0.1) is 0 Å². The summed E-state index contributed by atoms with van der Waals surface area (Å²) in [6.07, 6.45) is 0. The van der Waals surface area contributed by atoms with Gasteiger partial charge in [-0.3, -0.25) is 5.10 Å². The fourth-order valence-corrected chi connectivity index (χ4v) is 1.86. The first-order valence-corrected chi connectivity index (χ1v) is 5.14. The average Bonchev–Trinajstić information content (AvgIpc) is 2.93. The van der Waals surface area contributed by atoms with Crippen molar-refractivity contribution in [1.29, 1.82) is 0 Å². The first-order chi connectivity index (χ1) is 8.66. The highest BCUT2D eigenvalue weighted by Crippen LogP contribution is 2.38. The number of aromatic nitrogens is 2. The van der Waals surface area contributed by atoms with Gasteiger partial charge in [0.15, 0.2) is 23.0 Å². The number of anilines is 1. The largest absolute Gasteiger partial charge is 0.477 e. The number of H-pyrrole nitrogens is 1. The van der Waals surface area contributed by atoms with Crippen LogP contribution in [0, 0.1) is 0 Å². The van der Waals surface area contributed by atoms with Crippen molar-refractivity contribution in [2.75, 3.05) is 12.5 Å². The molecule has 4 N–H and O–H groups in total. The van der Waals surface area contributed by atoms with Gasteiger partial charge in [-0.2, -0.15) is 5.10 Å². The van der Waals surface area contributed by atoms with E-state index >= 15 is 0 Å². The van der Waals surface area contributed by atoms with Crippen molar-refractivity contribution in [1.82, 2.24) is 10.2 Å². The van der Waals surface area contributed by atoms with E-state index in [9.17, 15) is 4.79 Å². The van der Waals surface area contributed by atoms with E-state index in [0.29, 0.717) is 22.6 Å². The SMILES string of the molecule is Nc1n[nH]c(C(=O)O)c1-c1ccc2c(c1)OCO2. The number of ether oxygens (including phenoxy) is 2. The molecule has 0 spiro atoms. The van der Waals surface area contributed by atoms with E-state index in [4.69, 9.17) is 20.3 Å². The molecule has 92 valence electrons. The van der Waals surface area contributed by atoms with Gasteiger partial charge in [-0.25, -0.2) is 4.79 Å². The number of nitrogens with one attached hydrogen (secondary N) is 1. The lowest BCUT2D eigenvalue weighted by molar-refractivity contribution is 0.0691. The number of fused-ring (bicyclic) bond motifs is 1. The summed E-state index contributed by atoms with van der Waals surface area (Å²) < 4.78 is 10.4. The van der Waals surface area contributed by atoms with Gasteiger partial charge >= 0.3 is 5.97 Å². The quantitative estimate of drug-likeness (QED) is 0.732. The van der Waals surface area contributed by atoms with Gasteiger partial charge in [-0.05, 0) is 17.7 Å². The molecule has 1 aliphatic rings. The molecule has 7 nitrogen and oxygen atoms in total. The molecule has 0 aliphatic carbocycles. The molecule has 0 bridgehead atoms. The molecule has 0 radical (unpaired) electrons. The normalized spacial score (nSPS) is 12.7. The van der Waals surface area contributed by atoms with Gasteiger partial charge in [0, 0.05) is 0 Å². The standard InChI is InChI=1S/C11H9N3O4/c12-10-8(9(11(15)16)13-14-10)5-1-2-6-7(3-5)18-4-17-6/h1-3H,4H2,(H,15,16)(H3,12,13,14). The van der Waals surface area contributed by atoms with E-state index in [-0.39, 0.29) is 18.3 Å². The molecule has 0 unspecified atom stereocenters. The summed E-state index contributed by atoms with van der Waals surface area (Å²) in [7, 11) is 0. The van der Waals surface area contributed by atoms with Gasteiger partial charge < -0.3 is 20.3 Å². The second-order valence-corrected chi connectivity index (χ2v) is 3.73. The minimum absolute atomic E-state index is 0.0497. The first kappa shape index (κ1) is 10.5. The van der Waals surface area contributed by atoms with Crippen LogP contribution in [0.5, 0.6) is 11.5 Å². The Bertz CT molecular complexity index is 635. The predicted octanol–water partition coefficient (Wildman–Crippen LogP) is 1.09. The molecule has 3 rings (SSSR count). The number of carbonyl (C=O) groups is 1. The topological polar surface area (TPSA) is 110 Å². The number of nitrogens with two attached hydrogens (primary N) is 1. The Kier molecular flexibility index (Phi) is 2.12. The third-order valence-corrected chi connectivity index (χ3v) is 2.67. The third-order valence-electron chi connectivity index (χ3n) is 2.67. The van der Waals surface area contributed by atoms with Gasteiger partial charge in [0.1, 0.15) is 0 Å². The van der Waals surface area contributed by atoms with Crippen LogP contribution in [0.3, 0.4) is 0 Å². The van der Waals surface area contributed by atoms with Gasteiger partial charge in [0.25, 0.3) is 0 Å². The number of nitrogens with zero attached hydrogens (tertiary/aromatic N) is 1. The molecule has 1 aromatic heterocycles. The lowest BCUT2D eigenvalue weighted by Crippen LogP contribution is -1.99. The summed E-state index contributed by atoms with van der Waals surface area (Å²) in [5.41, 5.74) is 6.59. The van der Waals surface area contributed by atoms with Crippen LogP contribution in [0.25, 0.3) is 11.1 Å². The zero-order valence-corrected chi connectivity index (χ0v) is 9.14. The van der Waals surface area contributed by atoms with Crippen LogP contribution in [0.4, 0.5) is 5.82 Å². The summed E-state index contributed by atoms with van der Waals surface area (Å²) in [5, 5.41) is 15.2. The molecule has 18 heavy (non-hydrogen) atoms. The Morgan fingerprint density at radius 2 is 2.17 bits per heavy atom. The van der Waals surface area contributed by atoms with E-state index < -0.39 is 5.97 Å². The molecule has 0 saturated carbocycles. The Balaban J connectivity index is 2.15. The van der Waals surface area contributed by atoms with Crippen molar-refractivity contribution in [3.8, 4) is 22.6 Å². The summed E-state index contributed by atoms with van der Waals surface area (Å²) in [6, 6.07) is 5.09. The number of carboxylic acids is 1. The highest BCUT2D eigenvalue weighted by molar-refractivity contribution is 5.97. The van der Waals surface area contributed by atoms with Crippen LogP contribution in [-0.4, -0.2) is 28.1 Å². The summed E-state index contributed by atoms with van der Waals surface area (Å²) in [6.45, 7) is 0.158. The fourth-order valence-electron chi connectivity index (χ4n) is 1.86. The van der Waals surface area contributed by atoms with Crippen LogP contribution in [0.15, 0.2) is 18.2 Å². The second-order valence-electron chi connectivity index (χ2n) is 3.73. The highest BCUT2D eigenvalue weighted by atomic mass is 16.7. The van der Waals surface area contributed by atoms with E-state index in [1.807, 2.05) is 0 Å². The molecule has 1 aromatic carbocycles. The minimum atomic E-state index is -1.12. The third kappa shape index (κ3) is 1.45. The molecule has 0 atom stereocenters. The Labute approximate surface area is 101 Å². The molecule has 0 saturated heterocycles. The molecule has 7 heteroatoms. The number of hydrogen-bond acceptors (Lipinski definition) is 5. The zero-order chi connectivity index (χ0) is 12.7. The second kappa shape index (κ2) is 3.66. The van der Waals surface area contributed by atoms with Crippen molar-refractivity contribution in [2.24, 2.45) is 0 Å². The van der Waals surface area contributed by atoms with Crippen LogP contribution in [-0.2, 0) is 0 Å². The summed E-state index contributed by atoms with van der Waals surface area (Å²) >= 11 is 0. The van der Waals surface area contributed by atoms with Gasteiger partial charge in [-0.1, -0.05) is 6.07 Å². The number of rotatable bonds is 2. The van der Waals surface area contributed by atoms with E-state index in [0.717, 1.165) is 0 Å². The molecular weight excluding hydrogens is 238 g/mol. The monoisotopic (exact) mass is 247 g/mol. The van der Waals surface area contributed by atoms with Crippen molar-refractivity contribution in [2.45, 2.75) is 0 Å². The zero-order valence-electron chi connectivity index (χ0n) is 9.14. The molecule has 0 amide bonds. The van der Waals surface area contributed by atoms with E-state index in [1.165, 1.54) is 0 Å². The number of hydrogen-bond donors (Lipinski definition) is 3. The lowest BCUT2D eigenvalue weighted by Gasteiger charge is -2.03. The lowest BCUT2D eigenvalue weighted by atomic mass is 10.0. The Hall–Kier alpha value is -2.70. The molecular formula is C11H9N3O4. The van der Waals surface area contributed by atoms with Crippen molar-refractivity contribution in [3.05, 3.63) is 23.9 Å². The summed E-state index contributed by atoms with van der Waals surface area (Å²) in [5.74, 6) is 0.195. The highest BCUT2D eigenvalue weighted by Gasteiger charge is 2.21. The van der Waals surface area contributed by atoms with E-state index in [2.05, 4.69) is 10.2 Å². The maximum atomic E-state index is 11.1. The van der Waals surface area contributed by atoms with Gasteiger partial charge in [0.2, 0.25) is 6.79 Å². The van der Waals surface area contributed by atoms with Crippen LogP contribution < -0.4 is 15.2 Å². The number of benzene rings is 1. The number of aromatic amines is 1. The predicted molar refractivity (Wildman–Crippen MR) is 61.5 cm³/mol. The average molecular weight is 247 g/mol. The van der Waals surface area contributed by atoms with Crippen LogP contribution in [0.2, 0.25) is 0 Å². The van der Waals surface area contributed by atoms with Crippen LogP contribution in [0.1, 0.15) is 10.5 Å². The fraction of sp³-hybridized carbons (Fsp3) is 0.0909. The molecule has 2 heterocycles.